The summed E-state index contributed by atoms with van der Waals surface area (Å²) in [6.45, 7) is 1.78. The molecule has 0 radical (unpaired) electrons. The highest BCUT2D eigenvalue weighted by Gasteiger charge is 2.14. The topological polar surface area (TPSA) is 67.4 Å². The van der Waals surface area contributed by atoms with Crippen LogP contribution in [0.25, 0.3) is 0 Å². The second-order valence-corrected chi connectivity index (χ2v) is 6.90. The van der Waals surface area contributed by atoms with E-state index in [9.17, 15) is 9.59 Å². The van der Waals surface area contributed by atoms with Crippen LogP contribution in [0.3, 0.4) is 0 Å². The van der Waals surface area contributed by atoms with Crippen LogP contribution in [-0.2, 0) is 22.4 Å². The molecule has 0 saturated heterocycles. The zero-order chi connectivity index (χ0) is 19.1. The number of amides is 2. The molecule has 0 unspecified atom stereocenters. The summed E-state index contributed by atoms with van der Waals surface area (Å²) in [6.07, 6.45) is 4.75. The van der Waals surface area contributed by atoms with Crippen LogP contribution in [0.1, 0.15) is 42.5 Å². The quantitative estimate of drug-likeness (QED) is 0.792. The molecule has 0 aromatic heterocycles. The van der Waals surface area contributed by atoms with Crippen molar-refractivity contribution in [1.29, 1.82) is 0 Å². The van der Waals surface area contributed by atoms with Gasteiger partial charge >= 0.3 is 0 Å². The van der Waals surface area contributed by atoms with Crippen LogP contribution >= 0.6 is 0 Å². The molecule has 0 fully saturated rings. The van der Waals surface area contributed by atoms with Crippen LogP contribution < -0.4 is 15.4 Å². The lowest BCUT2D eigenvalue weighted by molar-refractivity contribution is -0.127. The van der Waals surface area contributed by atoms with Crippen molar-refractivity contribution in [3.63, 3.8) is 0 Å². The standard InChI is InChI=1S/C22H26N2O3/c1-16(18-12-11-17-7-5-6-8-19(17)13-18)24-21(25)14-23-22(26)15-27-20-9-3-2-4-10-20/h2-4,9-13,16H,5-8,14-15H2,1H3,(H,23,26)(H,24,25)/t16-/m0/s1. The molecule has 1 aliphatic carbocycles. The van der Waals surface area contributed by atoms with E-state index in [4.69, 9.17) is 4.74 Å². The maximum absolute atomic E-state index is 12.1. The third-order valence-corrected chi connectivity index (χ3v) is 4.81. The van der Waals surface area contributed by atoms with E-state index in [1.807, 2.05) is 25.1 Å². The Hall–Kier alpha value is -2.82. The Bertz CT molecular complexity index is 789. The summed E-state index contributed by atoms with van der Waals surface area (Å²) < 4.78 is 5.36. The molecule has 0 bridgehead atoms. The van der Waals surface area contributed by atoms with Gasteiger partial charge in [-0.1, -0.05) is 36.4 Å². The van der Waals surface area contributed by atoms with Crippen molar-refractivity contribution in [1.82, 2.24) is 10.6 Å². The summed E-state index contributed by atoms with van der Waals surface area (Å²) in [5.74, 6) is 0.0850. The molecule has 2 N–H and O–H groups in total. The van der Waals surface area contributed by atoms with Crippen LogP contribution in [0.2, 0.25) is 0 Å². The largest absolute Gasteiger partial charge is 0.484 e. The van der Waals surface area contributed by atoms with Gasteiger partial charge in [0.05, 0.1) is 12.6 Å². The van der Waals surface area contributed by atoms with Gasteiger partial charge in [-0.25, -0.2) is 0 Å². The lowest BCUT2D eigenvalue weighted by Crippen LogP contribution is -2.39. The highest BCUT2D eigenvalue weighted by Crippen LogP contribution is 2.24. The van der Waals surface area contributed by atoms with Gasteiger partial charge in [0.15, 0.2) is 6.61 Å². The van der Waals surface area contributed by atoms with E-state index < -0.39 is 0 Å². The first-order valence-corrected chi connectivity index (χ1v) is 9.47. The van der Waals surface area contributed by atoms with Crippen LogP contribution in [0.5, 0.6) is 5.75 Å². The van der Waals surface area contributed by atoms with Gasteiger partial charge in [0.25, 0.3) is 5.91 Å². The molecule has 2 aromatic rings. The Balaban J connectivity index is 1.42. The minimum absolute atomic E-state index is 0.0632. The smallest absolute Gasteiger partial charge is 0.258 e. The predicted molar refractivity (Wildman–Crippen MR) is 105 cm³/mol. The Morgan fingerprint density at radius 2 is 1.74 bits per heavy atom. The van der Waals surface area contributed by atoms with Gasteiger partial charge in [-0.3, -0.25) is 9.59 Å². The summed E-state index contributed by atoms with van der Waals surface area (Å²) >= 11 is 0. The summed E-state index contributed by atoms with van der Waals surface area (Å²) in [5, 5.41) is 5.52. The van der Waals surface area contributed by atoms with Crippen molar-refractivity contribution in [3.8, 4) is 5.75 Å². The predicted octanol–water partition coefficient (Wildman–Crippen LogP) is 2.94. The maximum atomic E-state index is 12.1. The average Bonchev–Trinajstić information content (AvgIpc) is 2.71. The number of rotatable bonds is 7. The molecule has 142 valence electrons. The Kier molecular flexibility index (Phi) is 6.47. The van der Waals surface area contributed by atoms with Crippen molar-refractivity contribution in [2.45, 2.75) is 38.6 Å². The van der Waals surface area contributed by atoms with Crippen molar-refractivity contribution in [2.75, 3.05) is 13.2 Å². The third-order valence-electron chi connectivity index (χ3n) is 4.81. The van der Waals surface area contributed by atoms with E-state index in [0.717, 1.165) is 18.4 Å². The number of carbonyl (C=O) groups excluding carboxylic acids is 2. The monoisotopic (exact) mass is 366 g/mol. The van der Waals surface area contributed by atoms with Gasteiger partial charge in [0, 0.05) is 0 Å². The van der Waals surface area contributed by atoms with Crippen LogP contribution in [0.4, 0.5) is 0 Å². The molecular weight excluding hydrogens is 340 g/mol. The summed E-state index contributed by atoms with van der Waals surface area (Å²) in [4.78, 5) is 23.9. The van der Waals surface area contributed by atoms with Gasteiger partial charge in [-0.2, -0.15) is 0 Å². The second-order valence-electron chi connectivity index (χ2n) is 6.90. The fraction of sp³-hybridized carbons (Fsp3) is 0.364. The van der Waals surface area contributed by atoms with Crippen LogP contribution in [0, 0.1) is 0 Å². The number of ether oxygens (including phenoxy) is 1. The molecule has 5 heteroatoms. The summed E-state index contributed by atoms with van der Waals surface area (Å²) in [6, 6.07) is 15.5. The minimum Gasteiger partial charge on any atom is -0.484 e. The first-order chi connectivity index (χ1) is 13.1. The third kappa shape index (κ3) is 5.58. The van der Waals surface area contributed by atoms with Crippen LogP contribution in [-0.4, -0.2) is 25.0 Å². The molecule has 0 spiro atoms. The number of hydrogen-bond donors (Lipinski definition) is 2. The van der Waals surface area contributed by atoms with Crippen molar-refractivity contribution in [2.24, 2.45) is 0 Å². The number of fused-ring (bicyclic) bond motifs is 1. The first kappa shape index (κ1) is 19.0. The Morgan fingerprint density at radius 1 is 1.00 bits per heavy atom. The lowest BCUT2D eigenvalue weighted by atomic mass is 9.89. The molecule has 2 aromatic carbocycles. The lowest BCUT2D eigenvalue weighted by Gasteiger charge is -2.20. The van der Waals surface area contributed by atoms with Crippen molar-refractivity contribution < 1.29 is 14.3 Å². The Labute approximate surface area is 160 Å². The van der Waals surface area contributed by atoms with E-state index in [1.165, 1.54) is 24.0 Å². The van der Waals surface area contributed by atoms with E-state index in [-0.39, 0.29) is 31.0 Å². The van der Waals surface area contributed by atoms with E-state index >= 15 is 0 Å². The average molecular weight is 366 g/mol. The second kappa shape index (κ2) is 9.21. The first-order valence-electron chi connectivity index (χ1n) is 9.47. The molecule has 27 heavy (non-hydrogen) atoms. The fourth-order valence-electron chi connectivity index (χ4n) is 3.29. The van der Waals surface area contributed by atoms with E-state index in [2.05, 4.69) is 28.8 Å². The number of aryl methyl sites for hydroxylation is 2. The van der Waals surface area contributed by atoms with Crippen molar-refractivity contribution in [3.05, 3.63) is 65.2 Å². The highest BCUT2D eigenvalue weighted by atomic mass is 16.5. The molecule has 3 rings (SSSR count). The van der Waals surface area contributed by atoms with Gasteiger partial charge < -0.3 is 15.4 Å². The number of carbonyl (C=O) groups is 2. The van der Waals surface area contributed by atoms with E-state index in [0.29, 0.717) is 5.75 Å². The summed E-state index contributed by atoms with van der Waals surface area (Å²) in [5.41, 5.74) is 3.92. The van der Waals surface area contributed by atoms with Gasteiger partial charge in [0.1, 0.15) is 5.75 Å². The van der Waals surface area contributed by atoms with E-state index in [1.54, 1.807) is 12.1 Å². The van der Waals surface area contributed by atoms with Gasteiger partial charge in [-0.05, 0) is 61.4 Å². The molecule has 2 amide bonds. The molecular formula is C22H26N2O3. The van der Waals surface area contributed by atoms with Gasteiger partial charge in [-0.15, -0.1) is 0 Å². The minimum atomic E-state index is -0.324. The molecule has 1 atom stereocenters. The molecule has 0 heterocycles. The van der Waals surface area contributed by atoms with Gasteiger partial charge in [0.2, 0.25) is 5.91 Å². The maximum Gasteiger partial charge on any atom is 0.258 e. The number of nitrogens with one attached hydrogen (secondary N) is 2. The van der Waals surface area contributed by atoms with Crippen LogP contribution in [0.15, 0.2) is 48.5 Å². The fourth-order valence-corrected chi connectivity index (χ4v) is 3.29. The molecule has 5 nitrogen and oxygen atoms in total. The number of para-hydroxylation sites is 1. The molecule has 0 saturated carbocycles. The Morgan fingerprint density at radius 3 is 2.52 bits per heavy atom. The zero-order valence-corrected chi connectivity index (χ0v) is 15.7. The molecule has 1 aliphatic rings. The normalized spacial score (nSPS) is 14.0. The van der Waals surface area contributed by atoms with Crippen molar-refractivity contribution >= 4 is 11.8 Å². The number of hydrogen-bond acceptors (Lipinski definition) is 3. The molecule has 0 aliphatic heterocycles. The summed E-state index contributed by atoms with van der Waals surface area (Å²) in [7, 11) is 0. The SMILES string of the molecule is C[C@H](NC(=O)CNC(=O)COc1ccccc1)c1ccc2c(c1)CCCC2. The zero-order valence-electron chi connectivity index (χ0n) is 15.7. The highest BCUT2D eigenvalue weighted by molar-refractivity contribution is 5.85. The number of benzene rings is 2.